The van der Waals surface area contributed by atoms with E-state index in [1.807, 2.05) is 0 Å². The van der Waals surface area contributed by atoms with Gasteiger partial charge in [0.15, 0.2) is 0 Å². The monoisotopic (exact) mass is 404 g/mol. The third-order valence-electron chi connectivity index (χ3n) is 8.03. The number of para-hydroxylation sites is 1. The molecule has 2 N–H and O–H groups in total. The lowest BCUT2D eigenvalue weighted by atomic mass is 9.75. The van der Waals surface area contributed by atoms with Gasteiger partial charge < -0.3 is 15.5 Å². The summed E-state index contributed by atoms with van der Waals surface area (Å²) < 4.78 is 0. The van der Waals surface area contributed by atoms with E-state index in [-0.39, 0.29) is 0 Å². The fourth-order valence-corrected chi connectivity index (χ4v) is 6.22. The number of rotatable bonds is 0. The van der Waals surface area contributed by atoms with Gasteiger partial charge in [-0.05, 0) is 68.6 Å². The van der Waals surface area contributed by atoms with Crippen LogP contribution < -0.4 is 15.5 Å². The van der Waals surface area contributed by atoms with E-state index in [4.69, 9.17) is 0 Å². The smallest absolute Gasteiger partial charge is 0.0412 e. The van der Waals surface area contributed by atoms with Crippen LogP contribution in [0.3, 0.4) is 0 Å². The number of nitrogens with zero attached hydrogens (tertiary/aromatic N) is 2. The second kappa shape index (κ2) is 7.99. The van der Waals surface area contributed by atoms with Crippen molar-refractivity contribution in [3.63, 3.8) is 0 Å². The van der Waals surface area contributed by atoms with Crippen LogP contribution >= 0.6 is 0 Å². The van der Waals surface area contributed by atoms with E-state index in [1.165, 1.54) is 57.5 Å². The largest absolute Gasteiger partial charge is 0.373 e. The first-order chi connectivity index (χ1) is 14.6. The standard InChI is InChI=1S/2C13H18N2/c1-15-10-13(6-8-14-9-7-13)11-4-2-3-5-12(11)15;1-15-7-6-14-10-13(15)8-11-4-2-3-5-12(11)9-13/h2*2-5,14H,6-10H2,1H3. The Hall–Kier alpha value is -1.88. The predicted molar refractivity (Wildman–Crippen MR) is 126 cm³/mol. The zero-order valence-corrected chi connectivity index (χ0v) is 18.6. The van der Waals surface area contributed by atoms with Crippen molar-refractivity contribution in [2.24, 2.45) is 0 Å². The molecule has 2 spiro atoms. The molecule has 0 radical (unpaired) electrons. The van der Waals surface area contributed by atoms with Crippen LogP contribution in [0.2, 0.25) is 0 Å². The fourth-order valence-electron chi connectivity index (χ4n) is 6.22. The van der Waals surface area contributed by atoms with Gasteiger partial charge in [-0.1, -0.05) is 42.5 Å². The maximum Gasteiger partial charge on any atom is 0.0412 e. The van der Waals surface area contributed by atoms with E-state index in [2.05, 4.69) is 83.1 Å². The fraction of sp³-hybridized carbons (Fsp3) is 0.538. The molecule has 1 aliphatic carbocycles. The molecule has 4 aliphatic rings. The molecule has 0 saturated carbocycles. The van der Waals surface area contributed by atoms with Crippen molar-refractivity contribution in [2.45, 2.75) is 36.6 Å². The second-order valence-electron chi connectivity index (χ2n) is 9.85. The first kappa shape index (κ1) is 20.0. The third kappa shape index (κ3) is 3.45. The minimum absolute atomic E-state index is 0.363. The molecule has 4 heteroatoms. The van der Waals surface area contributed by atoms with E-state index in [9.17, 15) is 0 Å². The van der Waals surface area contributed by atoms with Crippen molar-refractivity contribution >= 4 is 5.69 Å². The van der Waals surface area contributed by atoms with E-state index in [0.29, 0.717) is 11.0 Å². The van der Waals surface area contributed by atoms with Gasteiger partial charge in [0, 0.05) is 49.9 Å². The SMILES string of the molecule is CN1CC2(CCNCC2)c2ccccc21.CN1CCNCC12Cc1ccccc1C2. The molecule has 0 amide bonds. The summed E-state index contributed by atoms with van der Waals surface area (Å²) in [6.07, 6.45) is 5.00. The molecule has 2 aromatic carbocycles. The molecule has 3 heterocycles. The zero-order valence-electron chi connectivity index (χ0n) is 18.6. The summed E-state index contributed by atoms with van der Waals surface area (Å²) in [4.78, 5) is 4.96. The maximum atomic E-state index is 3.54. The van der Waals surface area contributed by atoms with Crippen molar-refractivity contribution in [3.05, 3.63) is 65.2 Å². The summed E-state index contributed by atoms with van der Waals surface area (Å²) in [5, 5.41) is 7.00. The van der Waals surface area contributed by atoms with Gasteiger partial charge in [-0.15, -0.1) is 0 Å². The minimum atomic E-state index is 0.363. The quantitative estimate of drug-likeness (QED) is 0.707. The topological polar surface area (TPSA) is 30.5 Å². The molecule has 2 fully saturated rings. The summed E-state index contributed by atoms with van der Waals surface area (Å²) in [5.41, 5.74) is 6.92. The summed E-state index contributed by atoms with van der Waals surface area (Å²) in [6.45, 7) is 6.99. The van der Waals surface area contributed by atoms with Gasteiger partial charge in [0.25, 0.3) is 0 Å². The zero-order chi connectivity index (χ0) is 20.6. The molecule has 2 saturated heterocycles. The number of piperidine rings is 1. The average Bonchev–Trinajstić information content (AvgIpc) is 3.28. The summed E-state index contributed by atoms with van der Waals surface area (Å²) in [7, 11) is 4.49. The summed E-state index contributed by atoms with van der Waals surface area (Å²) in [5.74, 6) is 0. The van der Waals surface area contributed by atoms with E-state index < -0.39 is 0 Å². The van der Waals surface area contributed by atoms with Gasteiger partial charge in [0.1, 0.15) is 0 Å². The number of nitrogens with one attached hydrogen (secondary N) is 2. The van der Waals surface area contributed by atoms with Gasteiger partial charge in [-0.3, -0.25) is 4.90 Å². The first-order valence-corrected chi connectivity index (χ1v) is 11.6. The highest BCUT2D eigenvalue weighted by Gasteiger charge is 2.42. The van der Waals surface area contributed by atoms with Gasteiger partial charge in [0.2, 0.25) is 0 Å². The van der Waals surface area contributed by atoms with Crippen LogP contribution in [0.25, 0.3) is 0 Å². The van der Waals surface area contributed by atoms with Gasteiger partial charge in [0.05, 0.1) is 0 Å². The number of hydrogen-bond donors (Lipinski definition) is 2. The molecule has 0 atom stereocenters. The summed E-state index contributed by atoms with van der Waals surface area (Å²) >= 11 is 0. The van der Waals surface area contributed by atoms with E-state index >= 15 is 0 Å². The molecule has 3 aliphatic heterocycles. The number of benzene rings is 2. The Morgan fingerprint density at radius 2 is 1.47 bits per heavy atom. The van der Waals surface area contributed by atoms with E-state index in [0.717, 1.165) is 13.1 Å². The molecule has 6 rings (SSSR count). The third-order valence-corrected chi connectivity index (χ3v) is 8.03. The molecule has 2 aromatic rings. The highest BCUT2D eigenvalue weighted by atomic mass is 15.2. The highest BCUT2D eigenvalue weighted by Crippen LogP contribution is 2.45. The maximum absolute atomic E-state index is 3.54. The Morgan fingerprint density at radius 1 is 0.800 bits per heavy atom. The van der Waals surface area contributed by atoms with Crippen LogP contribution in [0, 0.1) is 0 Å². The predicted octanol–water partition coefficient (Wildman–Crippen LogP) is 2.82. The van der Waals surface area contributed by atoms with Gasteiger partial charge in [-0.25, -0.2) is 0 Å². The second-order valence-corrected chi connectivity index (χ2v) is 9.85. The highest BCUT2D eigenvalue weighted by molar-refractivity contribution is 5.62. The molecular formula is C26H36N4. The normalized spacial score (nSPS) is 23.7. The molecule has 4 nitrogen and oxygen atoms in total. The molecule has 0 unspecified atom stereocenters. The van der Waals surface area contributed by atoms with Crippen molar-refractivity contribution in [2.75, 3.05) is 58.3 Å². The minimum Gasteiger partial charge on any atom is -0.373 e. The van der Waals surface area contributed by atoms with Crippen LogP contribution in [0.5, 0.6) is 0 Å². The number of likely N-dealkylation sites (N-methyl/N-ethyl adjacent to an activating group) is 2. The Balaban J connectivity index is 0.000000128. The molecule has 0 bridgehead atoms. The first-order valence-electron chi connectivity index (χ1n) is 11.6. The lowest BCUT2D eigenvalue weighted by molar-refractivity contribution is 0.0970. The Kier molecular flexibility index (Phi) is 5.34. The van der Waals surface area contributed by atoms with Gasteiger partial charge in [-0.2, -0.15) is 0 Å². The number of piperazine rings is 1. The van der Waals surface area contributed by atoms with Crippen LogP contribution in [0.15, 0.2) is 48.5 Å². The van der Waals surface area contributed by atoms with Crippen molar-refractivity contribution < 1.29 is 0 Å². The van der Waals surface area contributed by atoms with Crippen molar-refractivity contribution in [1.29, 1.82) is 0 Å². The van der Waals surface area contributed by atoms with Gasteiger partial charge >= 0.3 is 0 Å². The summed E-state index contributed by atoms with van der Waals surface area (Å²) in [6, 6.07) is 17.8. The van der Waals surface area contributed by atoms with Crippen LogP contribution in [0.1, 0.15) is 29.5 Å². The molecule has 0 aromatic heterocycles. The van der Waals surface area contributed by atoms with Crippen LogP contribution in [0.4, 0.5) is 5.69 Å². The molecule has 30 heavy (non-hydrogen) atoms. The lowest BCUT2D eigenvalue weighted by Gasteiger charge is -2.43. The van der Waals surface area contributed by atoms with Crippen molar-refractivity contribution in [1.82, 2.24) is 15.5 Å². The number of fused-ring (bicyclic) bond motifs is 3. The number of anilines is 1. The Labute approximate surface area is 181 Å². The van der Waals surface area contributed by atoms with Crippen molar-refractivity contribution in [3.8, 4) is 0 Å². The Bertz CT molecular complexity index is 861. The van der Waals surface area contributed by atoms with Crippen LogP contribution in [-0.4, -0.2) is 63.8 Å². The average molecular weight is 405 g/mol. The van der Waals surface area contributed by atoms with Crippen LogP contribution in [-0.2, 0) is 18.3 Å². The lowest BCUT2D eigenvalue weighted by Crippen LogP contribution is -2.60. The molecular weight excluding hydrogens is 368 g/mol. The van der Waals surface area contributed by atoms with E-state index in [1.54, 1.807) is 16.7 Å². The molecule has 160 valence electrons. The number of hydrogen-bond acceptors (Lipinski definition) is 4. The Morgan fingerprint density at radius 3 is 2.17 bits per heavy atom.